The molecule has 140 valence electrons. The van der Waals surface area contributed by atoms with Gasteiger partial charge in [-0.25, -0.2) is 9.59 Å². The Morgan fingerprint density at radius 2 is 1.44 bits per heavy atom. The number of rotatable bonds is 4. The molecule has 0 saturated carbocycles. The van der Waals surface area contributed by atoms with E-state index in [-0.39, 0.29) is 5.41 Å². The fourth-order valence-corrected chi connectivity index (χ4v) is 4.53. The molecule has 0 unspecified atom stereocenters. The first-order valence-electron chi connectivity index (χ1n) is 9.12. The van der Waals surface area contributed by atoms with Gasteiger partial charge in [0.05, 0.1) is 25.3 Å². The Morgan fingerprint density at radius 3 is 1.93 bits per heavy atom. The molecular formula is C22H23NO4. The highest BCUT2D eigenvalue weighted by Gasteiger charge is 2.47. The van der Waals surface area contributed by atoms with E-state index in [0.29, 0.717) is 11.1 Å². The SMILES string of the molecule is COC(=O)c1cc2c(cc1C(=O)OC)CC1(C2)CN(Cc2ccccc2)C1. The summed E-state index contributed by atoms with van der Waals surface area (Å²) in [5.41, 5.74) is 4.40. The molecule has 1 aliphatic heterocycles. The maximum atomic E-state index is 12.1. The lowest BCUT2D eigenvalue weighted by Gasteiger charge is -2.48. The van der Waals surface area contributed by atoms with Gasteiger partial charge in [0.15, 0.2) is 0 Å². The van der Waals surface area contributed by atoms with Crippen LogP contribution in [-0.2, 0) is 28.9 Å². The van der Waals surface area contributed by atoms with Gasteiger partial charge in [0, 0.05) is 25.0 Å². The summed E-state index contributed by atoms with van der Waals surface area (Å²) in [4.78, 5) is 26.7. The van der Waals surface area contributed by atoms with Gasteiger partial charge in [0.25, 0.3) is 0 Å². The minimum atomic E-state index is -0.501. The Bertz CT molecular complexity index is 838. The van der Waals surface area contributed by atoms with Gasteiger partial charge in [0.1, 0.15) is 0 Å². The van der Waals surface area contributed by atoms with Crippen LogP contribution in [0.3, 0.4) is 0 Å². The van der Waals surface area contributed by atoms with Crippen molar-refractivity contribution < 1.29 is 19.1 Å². The van der Waals surface area contributed by atoms with Gasteiger partial charge in [0.2, 0.25) is 0 Å². The molecule has 1 fully saturated rings. The Kier molecular flexibility index (Phi) is 4.48. The first-order valence-corrected chi connectivity index (χ1v) is 9.12. The van der Waals surface area contributed by atoms with E-state index >= 15 is 0 Å². The third kappa shape index (κ3) is 3.23. The first kappa shape index (κ1) is 17.7. The summed E-state index contributed by atoms with van der Waals surface area (Å²) in [7, 11) is 2.65. The number of nitrogens with zero attached hydrogens (tertiary/aromatic N) is 1. The first-order chi connectivity index (χ1) is 13.0. The van der Waals surface area contributed by atoms with Crippen molar-refractivity contribution in [2.75, 3.05) is 27.3 Å². The van der Waals surface area contributed by atoms with E-state index in [4.69, 9.17) is 9.47 Å². The summed E-state index contributed by atoms with van der Waals surface area (Å²) in [5, 5.41) is 0. The van der Waals surface area contributed by atoms with Crippen molar-refractivity contribution in [1.82, 2.24) is 4.90 Å². The number of carbonyl (C=O) groups is 2. The molecule has 1 heterocycles. The molecule has 4 rings (SSSR count). The molecule has 2 aromatic rings. The van der Waals surface area contributed by atoms with Gasteiger partial charge in [-0.2, -0.15) is 0 Å². The Hall–Kier alpha value is -2.66. The molecule has 0 aromatic heterocycles. The number of hydrogen-bond donors (Lipinski definition) is 0. The van der Waals surface area contributed by atoms with Gasteiger partial charge >= 0.3 is 11.9 Å². The summed E-state index contributed by atoms with van der Waals surface area (Å²) in [5.74, 6) is -1.00. The second-order valence-corrected chi connectivity index (χ2v) is 7.63. The summed E-state index contributed by atoms with van der Waals surface area (Å²) < 4.78 is 9.70. The Morgan fingerprint density at radius 1 is 0.926 bits per heavy atom. The average Bonchev–Trinajstić information content (AvgIpc) is 3.04. The van der Waals surface area contributed by atoms with Gasteiger partial charge in [-0.05, 0) is 41.7 Å². The average molecular weight is 365 g/mol. The normalized spacial score (nSPS) is 17.3. The second kappa shape index (κ2) is 6.82. The van der Waals surface area contributed by atoms with Crippen LogP contribution in [-0.4, -0.2) is 44.1 Å². The number of carbonyl (C=O) groups excluding carboxylic acids is 2. The van der Waals surface area contributed by atoms with E-state index in [2.05, 4.69) is 29.2 Å². The van der Waals surface area contributed by atoms with Crippen molar-refractivity contribution in [3.63, 3.8) is 0 Å². The van der Waals surface area contributed by atoms with Crippen molar-refractivity contribution in [2.24, 2.45) is 5.41 Å². The lowest BCUT2D eigenvalue weighted by molar-refractivity contribution is 0.00241. The van der Waals surface area contributed by atoms with E-state index in [9.17, 15) is 9.59 Å². The van der Waals surface area contributed by atoms with Gasteiger partial charge < -0.3 is 9.47 Å². The van der Waals surface area contributed by atoms with Crippen LogP contribution >= 0.6 is 0 Å². The van der Waals surface area contributed by atoms with E-state index in [0.717, 1.165) is 43.6 Å². The monoisotopic (exact) mass is 365 g/mol. The summed E-state index contributed by atoms with van der Waals surface area (Å²) >= 11 is 0. The third-order valence-electron chi connectivity index (χ3n) is 5.65. The lowest BCUT2D eigenvalue weighted by Crippen LogP contribution is -2.56. The van der Waals surface area contributed by atoms with Crippen LogP contribution < -0.4 is 0 Å². The van der Waals surface area contributed by atoms with E-state index in [1.54, 1.807) is 0 Å². The molecule has 1 spiro atoms. The number of hydrogen-bond acceptors (Lipinski definition) is 5. The number of ether oxygens (including phenoxy) is 2. The van der Waals surface area contributed by atoms with E-state index < -0.39 is 11.9 Å². The predicted molar refractivity (Wildman–Crippen MR) is 101 cm³/mol. The molecule has 27 heavy (non-hydrogen) atoms. The zero-order valence-electron chi connectivity index (χ0n) is 15.7. The third-order valence-corrected chi connectivity index (χ3v) is 5.65. The Balaban J connectivity index is 1.52. The maximum Gasteiger partial charge on any atom is 0.338 e. The van der Waals surface area contributed by atoms with Crippen molar-refractivity contribution in [3.8, 4) is 0 Å². The van der Waals surface area contributed by atoms with Gasteiger partial charge in [-0.1, -0.05) is 30.3 Å². The van der Waals surface area contributed by atoms with Crippen molar-refractivity contribution >= 4 is 11.9 Å². The number of benzene rings is 2. The van der Waals surface area contributed by atoms with Crippen molar-refractivity contribution in [2.45, 2.75) is 19.4 Å². The summed E-state index contributed by atoms with van der Waals surface area (Å²) in [6.45, 7) is 3.01. The van der Waals surface area contributed by atoms with Crippen LogP contribution in [0.25, 0.3) is 0 Å². The van der Waals surface area contributed by atoms with Gasteiger partial charge in [-0.15, -0.1) is 0 Å². The van der Waals surface area contributed by atoms with Crippen LogP contribution in [0.2, 0.25) is 0 Å². The minimum Gasteiger partial charge on any atom is -0.465 e. The molecule has 5 heteroatoms. The predicted octanol–water partition coefficient (Wildman–Crippen LogP) is 2.86. The number of esters is 2. The highest BCUT2D eigenvalue weighted by Crippen LogP contribution is 2.45. The maximum absolute atomic E-state index is 12.1. The highest BCUT2D eigenvalue weighted by molar-refractivity contribution is 6.03. The molecule has 2 aromatic carbocycles. The van der Waals surface area contributed by atoms with Crippen molar-refractivity contribution in [3.05, 3.63) is 70.3 Å². The van der Waals surface area contributed by atoms with Crippen LogP contribution in [0.15, 0.2) is 42.5 Å². The van der Waals surface area contributed by atoms with Crippen LogP contribution in [0.5, 0.6) is 0 Å². The lowest BCUT2D eigenvalue weighted by atomic mass is 9.77. The standard InChI is InChI=1S/C22H23NO4/c1-26-20(24)18-8-16-10-22(11-17(16)9-19(18)21(25)27-2)13-23(14-22)12-15-6-4-3-5-7-15/h3-9H,10-14H2,1-2H3. The van der Waals surface area contributed by atoms with Crippen LogP contribution in [0.1, 0.15) is 37.4 Å². The quantitative estimate of drug-likeness (QED) is 0.780. The zero-order chi connectivity index (χ0) is 19.0. The molecule has 0 amide bonds. The largest absolute Gasteiger partial charge is 0.465 e. The fourth-order valence-electron chi connectivity index (χ4n) is 4.53. The topological polar surface area (TPSA) is 55.8 Å². The molecule has 0 radical (unpaired) electrons. The van der Waals surface area contributed by atoms with Crippen LogP contribution in [0, 0.1) is 5.41 Å². The van der Waals surface area contributed by atoms with Crippen LogP contribution in [0.4, 0.5) is 0 Å². The van der Waals surface area contributed by atoms with E-state index in [1.807, 2.05) is 18.2 Å². The molecule has 2 aliphatic rings. The molecule has 0 N–H and O–H groups in total. The van der Waals surface area contributed by atoms with Crippen molar-refractivity contribution in [1.29, 1.82) is 0 Å². The summed E-state index contributed by atoms with van der Waals surface area (Å²) in [6.07, 6.45) is 1.86. The smallest absolute Gasteiger partial charge is 0.338 e. The number of likely N-dealkylation sites (tertiary alicyclic amines) is 1. The summed E-state index contributed by atoms with van der Waals surface area (Å²) in [6, 6.07) is 14.1. The molecule has 1 saturated heterocycles. The highest BCUT2D eigenvalue weighted by atomic mass is 16.5. The minimum absolute atomic E-state index is 0.208. The number of methoxy groups -OCH3 is 2. The number of fused-ring (bicyclic) bond motifs is 1. The van der Waals surface area contributed by atoms with E-state index in [1.165, 1.54) is 19.8 Å². The molecular weight excluding hydrogens is 342 g/mol. The fraction of sp³-hybridized carbons (Fsp3) is 0.364. The van der Waals surface area contributed by atoms with Gasteiger partial charge in [-0.3, -0.25) is 4.90 Å². The second-order valence-electron chi connectivity index (χ2n) is 7.63. The zero-order valence-corrected chi connectivity index (χ0v) is 15.7. The molecule has 0 bridgehead atoms. The molecule has 0 atom stereocenters. The molecule has 5 nitrogen and oxygen atoms in total. The Labute approximate surface area is 158 Å². The molecule has 1 aliphatic carbocycles.